The van der Waals surface area contributed by atoms with E-state index in [4.69, 9.17) is 0 Å². The Morgan fingerprint density at radius 3 is 2.34 bits per heavy atom. The van der Waals surface area contributed by atoms with E-state index in [1.807, 2.05) is 32.9 Å². The molecule has 0 aliphatic rings. The van der Waals surface area contributed by atoms with E-state index in [9.17, 15) is 13.2 Å². The smallest absolute Gasteiger partial charge is 0.261 e. The number of rotatable bonds is 6. The lowest BCUT2D eigenvalue weighted by atomic mass is 10.1. The minimum atomic E-state index is -3.74. The van der Waals surface area contributed by atoms with Gasteiger partial charge in [-0.25, -0.2) is 8.42 Å². The molecule has 0 unspecified atom stereocenters. The molecule has 0 bridgehead atoms. The molecule has 0 fully saturated rings. The van der Waals surface area contributed by atoms with Gasteiger partial charge in [-0.05, 0) is 79.9 Å². The number of hydrogen-bond donors (Lipinski definition) is 2. The van der Waals surface area contributed by atoms with E-state index in [1.165, 1.54) is 24.3 Å². The summed E-state index contributed by atoms with van der Waals surface area (Å²) in [5.41, 5.74) is 3.85. The second-order valence-electron chi connectivity index (χ2n) is 6.91. The fourth-order valence-electron chi connectivity index (χ4n) is 2.80. The van der Waals surface area contributed by atoms with Crippen LogP contribution in [-0.2, 0) is 10.0 Å². The number of nitrogens with one attached hydrogen (secondary N) is 2. The summed E-state index contributed by atoms with van der Waals surface area (Å²) in [4.78, 5) is 16.6. The van der Waals surface area contributed by atoms with Gasteiger partial charge in [0, 0.05) is 23.6 Å². The normalized spacial score (nSPS) is 12.2. The zero-order chi connectivity index (χ0) is 21.0. The van der Waals surface area contributed by atoms with Gasteiger partial charge in [0.2, 0.25) is 0 Å². The summed E-state index contributed by atoms with van der Waals surface area (Å²) in [5, 5.41) is 2.88. The minimum Gasteiger partial charge on any atom is -0.345 e. The highest BCUT2D eigenvalue weighted by atomic mass is 32.2. The molecule has 1 heterocycles. The second-order valence-corrected chi connectivity index (χ2v) is 8.59. The van der Waals surface area contributed by atoms with Gasteiger partial charge in [0.15, 0.2) is 0 Å². The molecule has 1 aromatic heterocycles. The molecule has 7 heteroatoms. The van der Waals surface area contributed by atoms with E-state index in [0.717, 1.165) is 16.7 Å². The van der Waals surface area contributed by atoms with Crippen LogP contribution in [0.1, 0.15) is 40.0 Å². The van der Waals surface area contributed by atoms with Crippen molar-refractivity contribution in [2.45, 2.75) is 31.7 Å². The van der Waals surface area contributed by atoms with Gasteiger partial charge in [-0.1, -0.05) is 12.1 Å². The lowest BCUT2D eigenvalue weighted by Crippen LogP contribution is -2.26. The molecule has 1 atom stereocenters. The first-order valence-corrected chi connectivity index (χ1v) is 10.7. The highest BCUT2D eigenvalue weighted by Crippen LogP contribution is 2.20. The van der Waals surface area contributed by atoms with E-state index in [0.29, 0.717) is 11.3 Å². The molecular formula is C22H23N3O3S. The van der Waals surface area contributed by atoms with Gasteiger partial charge in [-0.15, -0.1) is 0 Å². The predicted octanol–water partition coefficient (Wildman–Crippen LogP) is 3.99. The van der Waals surface area contributed by atoms with Crippen molar-refractivity contribution < 1.29 is 13.2 Å². The van der Waals surface area contributed by atoms with Gasteiger partial charge in [-0.3, -0.25) is 14.5 Å². The number of sulfonamides is 1. The average molecular weight is 410 g/mol. The van der Waals surface area contributed by atoms with Crippen LogP contribution in [0.2, 0.25) is 0 Å². The van der Waals surface area contributed by atoms with E-state index < -0.39 is 10.0 Å². The van der Waals surface area contributed by atoms with E-state index >= 15 is 0 Å². The van der Waals surface area contributed by atoms with Gasteiger partial charge in [0.25, 0.3) is 15.9 Å². The Labute approximate surface area is 171 Å². The number of pyridine rings is 1. The van der Waals surface area contributed by atoms with Crippen LogP contribution in [0.25, 0.3) is 0 Å². The van der Waals surface area contributed by atoms with Crippen molar-refractivity contribution in [1.29, 1.82) is 0 Å². The van der Waals surface area contributed by atoms with Crippen LogP contribution in [0, 0.1) is 13.8 Å². The first-order chi connectivity index (χ1) is 13.8. The lowest BCUT2D eigenvalue weighted by Gasteiger charge is -2.14. The zero-order valence-electron chi connectivity index (χ0n) is 16.5. The number of benzene rings is 2. The number of anilines is 1. The fraction of sp³-hybridized carbons (Fsp3) is 0.182. The van der Waals surface area contributed by atoms with Crippen LogP contribution in [0.15, 0.2) is 71.9 Å². The van der Waals surface area contributed by atoms with Gasteiger partial charge < -0.3 is 5.32 Å². The summed E-state index contributed by atoms with van der Waals surface area (Å²) in [6.07, 6.45) is 3.36. The van der Waals surface area contributed by atoms with Gasteiger partial charge in [-0.2, -0.15) is 0 Å². The fourth-order valence-corrected chi connectivity index (χ4v) is 3.85. The molecule has 0 aliphatic heterocycles. The monoisotopic (exact) mass is 409 g/mol. The summed E-state index contributed by atoms with van der Waals surface area (Å²) in [6.45, 7) is 5.75. The first kappa shape index (κ1) is 20.5. The van der Waals surface area contributed by atoms with E-state index in [1.54, 1.807) is 30.6 Å². The second kappa shape index (κ2) is 8.45. The number of carbonyl (C=O) groups excluding carboxylic acids is 1. The summed E-state index contributed by atoms with van der Waals surface area (Å²) >= 11 is 0. The van der Waals surface area contributed by atoms with Crippen LogP contribution < -0.4 is 10.0 Å². The number of aromatic nitrogens is 1. The molecule has 2 aromatic carbocycles. The lowest BCUT2D eigenvalue weighted by molar-refractivity contribution is 0.0939. The SMILES string of the molecule is Cc1ccc(NS(=O)(=O)c2ccc(C(=O)N[C@H](C)c3cccnc3)cc2)cc1C. The van der Waals surface area contributed by atoms with Crippen molar-refractivity contribution in [3.8, 4) is 0 Å². The Bertz CT molecular complexity index is 1110. The molecule has 0 spiro atoms. The molecule has 1 amide bonds. The third-order valence-corrected chi connectivity index (χ3v) is 6.12. The van der Waals surface area contributed by atoms with Crippen molar-refractivity contribution in [1.82, 2.24) is 10.3 Å². The number of nitrogens with zero attached hydrogens (tertiary/aromatic N) is 1. The summed E-state index contributed by atoms with van der Waals surface area (Å²) in [6, 6.07) is 14.7. The Hall–Kier alpha value is -3.19. The maximum absolute atomic E-state index is 12.6. The Morgan fingerprint density at radius 1 is 1.00 bits per heavy atom. The Morgan fingerprint density at radius 2 is 1.72 bits per heavy atom. The molecular weight excluding hydrogens is 386 g/mol. The largest absolute Gasteiger partial charge is 0.345 e. The molecule has 150 valence electrons. The molecule has 6 nitrogen and oxygen atoms in total. The first-order valence-electron chi connectivity index (χ1n) is 9.17. The zero-order valence-corrected chi connectivity index (χ0v) is 17.3. The topological polar surface area (TPSA) is 88.2 Å². The minimum absolute atomic E-state index is 0.0904. The van der Waals surface area contributed by atoms with Crippen molar-refractivity contribution in [2.75, 3.05) is 4.72 Å². The number of hydrogen-bond acceptors (Lipinski definition) is 4. The van der Waals surface area contributed by atoms with Crippen LogP contribution >= 0.6 is 0 Å². The predicted molar refractivity (Wildman–Crippen MR) is 113 cm³/mol. The molecule has 2 N–H and O–H groups in total. The van der Waals surface area contributed by atoms with Crippen molar-refractivity contribution in [2.24, 2.45) is 0 Å². The molecule has 0 saturated carbocycles. The third-order valence-electron chi connectivity index (χ3n) is 4.72. The van der Waals surface area contributed by atoms with Crippen molar-refractivity contribution in [3.63, 3.8) is 0 Å². The maximum Gasteiger partial charge on any atom is 0.261 e. The summed E-state index contributed by atoms with van der Waals surface area (Å²) in [5.74, 6) is -0.285. The summed E-state index contributed by atoms with van der Waals surface area (Å²) in [7, 11) is -3.74. The number of aryl methyl sites for hydroxylation is 2. The van der Waals surface area contributed by atoms with Gasteiger partial charge in [0.1, 0.15) is 0 Å². The van der Waals surface area contributed by atoms with E-state index in [2.05, 4.69) is 15.0 Å². The standard InChI is InChI=1S/C22H23N3O3S/c1-15-6-9-20(13-16(15)2)25-29(27,28)21-10-7-18(8-11-21)22(26)24-17(3)19-5-4-12-23-14-19/h4-14,17,25H,1-3H3,(H,24,26)/t17-/m1/s1. The molecule has 0 saturated heterocycles. The highest BCUT2D eigenvalue weighted by molar-refractivity contribution is 7.92. The molecule has 0 aliphatic carbocycles. The van der Waals surface area contributed by atoms with Crippen molar-refractivity contribution >= 4 is 21.6 Å². The number of carbonyl (C=O) groups is 1. The summed E-state index contributed by atoms with van der Waals surface area (Å²) < 4.78 is 27.8. The average Bonchev–Trinajstić information content (AvgIpc) is 2.71. The maximum atomic E-state index is 12.6. The van der Waals surface area contributed by atoms with Crippen molar-refractivity contribution in [3.05, 3.63) is 89.2 Å². The van der Waals surface area contributed by atoms with Crippen LogP contribution in [-0.4, -0.2) is 19.3 Å². The third kappa shape index (κ3) is 5.00. The highest BCUT2D eigenvalue weighted by Gasteiger charge is 2.16. The quantitative estimate of drug-likeness (QED) is 0.644. The van der Waals surface area contributed by atoms with Crippen LogP contribution in [0.4, 0.5) is 5.69 Å². The number of amides is 1. The van der Waals surface area contributed by atoms with Gasteiger partial charge in [0.05, 0.1) is 10.9 Å². The molecule has 3 aromatic rings. The molecule has 0 radical (unpaired) electrons. The van der Waals surface area contributed by atoms with Crippen LogP contribution in [0.5, 0.6) is 0 Å². The molecule has 29 heavy (non-hydrogen) atoms. The Balaban J connectivity index is 1.71. The van der Waals surface area contributed by atoms with Crippen LogP contribution in [0.3, 0.4) is 0 Å². The molecule has 3 rings (SSSR count). The van der Waals surface area contributed by atoms with E-state index in [-0.39, 0.29) is 16.8 Å². The van der Waals surface area contributed by atoms with Gasteiger partial charge >= 0.3 is 0 Å². The Kier molecular flexibility index (Phi) is 5.98.